The third kappa shape index (κ3) is 5.90. The molecule has 2 saturated carbocycles. The molecule has 2 aromatic rings. The third-order valence-electron chi connectivity index (χ3n) is 9.02. The van der Waals surface area contributed by atoms with E-state index in [1.165, 1.54) is 68.1 Å². The van der Waals surface area contributed by atoms with Gasteiger partial charge in [-0.3, -0.25) is 0 Å². The van der Waals surface area contributed by atoms with Crippen molar-refractivity contribution in [3.8, 4) is 17.2 Å². The number of unbranched alkanes of at least 4 members (excludes halogenated alkanes) is 2. The highest BCUT2D eigenvalue weighted by Crippen LogP contribution is 2.45. The molecule has 33 heavy (non-hydrogen) atoms. The number of nitrogens with zero attached hydrogens (tertiary/aromatic N) is 1. The topological polar surface area (TPSA) is 23.8 Å². The number of nitriles is 1. The van der Waals surface area contributed by atoms with Gasteiger partial charge in [-0.05, 0) is 97.8 Å². The summed E-state index contributed by atoms with van der Waals surface area (Å²) in [6.07, 6.45) is 16.6. The quantitative estimate of drug-likeness (QED) is 0.374. The van der Waals surface area contributed by atoms with Crippen molar-refractivity contribution in [3.05, 3.63) is 59.7 Å². The van der Waals surface area contributed by atoms with Crippen LogP contribution in [0.1, 0.15) is 120 Å². The van der Waals surface area contributed by atoms with E-state index in [9.17, 15) is 5.26 Å². The Hall–Kier alpha value is -2.07. The predicted molar refractivity (Wildman–Crippen MR) is 140 cm³/mol. The van der Waals surface area contributed by atoms with Crippen molar-refractivity contribution in [2.24, 2.45) is 11.3 Å². The Labute approximate surface area is 202 Å². The van der Waals surface area contributed by atoms with Gasteiger partial charge in [0.2, 0.25) is 0 Å². The number of hydrogen-bond acceptors (Lipinski definition) is 1. The maximum Gasteiger partial charge on any atom is 0.0689 e. The molecule has 0 amide bonds. The fraction of sp³-hybridized carbons (Fsp3) is 0.594. The summed E-state index contributed by atoms with van der Waals surface area (Å²) < 4.78 is 0. The Balaban J connectivity index is 1.31. The third-order valence-corrected chi connectivity index (χ3v) is 9.02. The van der Waals surface area contributed by atoms with Crippen LogP contribution in [0.3, 0.4) is 0 Å². The van der Waals surface area contributed by atoms with E-state index in [0.717, 1.165) is 43.9 Å². The minimum atomic E-state index is -0.0630. The molecule has 2 fully saturated rings. The highest BCUT2D eigenvalue weighted by molar-refractivity contribution is 5.64. The smallest absolute Gasteiger partial charge is 0.0689 e. The van der Waals surface area contributed by atoms with Crippen LogP contribution in [0.4, 0.5) is 0 Å². The van der Waals surface area contributed by atoms with Crippen LogP contribution in [0.2, 0.25) is 0 Å². The molecular weight excluding hydrogens is 398 g/mol. The summed E-state index contributed by atoms with van der Waals surface area (Å²) in [5.41, 5.74) is 5.58. The summed E-state index contributed by atoms with van der Waals surface area (Å²) >= 11 is 0. The molecule has 0 spiro atoms. The van der Waals surface area contributed by atoms with Crippen LogP contribution in [0.15, 0.2) is 48.5 Å². The highest BCUT2D eigenvalue weighted by Gasteiger charge is 2.34. The largest absolute Gasteiger partial charge is 0.198 e. The number of hydrogen-bond donors (Lipinski definition) is 0. The first-order valence-electron chi connectivity index (χ1n) is 13.8. The molecule has 0 radical (unpaired) electrons. The van der Waals surface area contributed by atoms with Crippen molar-refractivity contribution >= 4 is 0 Å². The first-order chi connectivity index (χ1) is 16.2. The average molecular weight is 442 g/mol. The summed E-state index contributed by atoms with van der Waals surface area (Å²) in [7, 11) is 0. The van der Waals surface area contributed by atoms with Crippen LogP contribution < -0.4 is 0 Å². The normalized spacial score (nSPS) is 27.7. The molecule has 0 aliphatic heterocycles. The predicted octanol–water partition coefficient (Wildman–Crippen LogP) is 9.79. The molecule has 0 saturated heterocycles. The van der Waals surface area contributed by atoms with E-state index in [2.05, 4.69) is 68.4 Å². The van der Waals surface area contributed by atoms with Crippen molar-refractivity contribution in [3.63, 3.8) is 0 Å². The lowest BCUT2D eigenvalue weighted by Crippen LogP contribution is -2.24. The van der Waals surface area contributed by atoms with E-state index < -0.39 is 0 Å². The molecule has 0 aromatic heterocycles. The zero-order valence-electron chi connectivity index (χ0n) is 21.0. The van der Waals surface area contributed by atoms with E-state index in [-0.39, 0.29) is 5.41 Å². The molecule has 2 aromatic carbocycles. The number of rotatable bonds is 8. The maximum atomic E-state index is 9.56. The monoisotopic (exact) mass is 441 g/mol. The van der Waals surface area contributed by atoms with Gasteiger partial charge in [-0.15, -0.1) is 0 Å². The van der Waals surface area contributed by atoms with Crippen molar-refractivity contribution in [2.45, 2.75) is 109 Å². The molecule has 0 atom stereocenters. The van der Waals surface area contributed by atoms with Crippen molar-refractivity contribution in [1.29, 1.82) is 5.26 Å². The van der Waals surface area contributed by atoms with Gasteiger partial charge >= 0.3 is 0 Å². The minimum absolute atomic E-state index is 0.0630. The molecule has 0 heterocycles. The summed E-state index contributed by atoms with van der Waals surface area (Å²) in [6, 6.07) is 21.3. The van der Waals surface area contributed by atoms with E-state index in [1.54, 1.807) is 5.56 Å². The molecule has 2 aliphatic carbocycles. The standard InChI is InChI=1S/C32H43N/c1-3-5-6-7-25-8-10-26(11-9-25)27-12-14-28(15-13-27)29-16-18-30(19-17-29)31-20-22-32(4-2,24-33)23-21-31/h12-19,25-26,31H,3-11,20-23H2,1-2H3/t25-,26-,31-,32-. The molecule has 2 aliphatic rings. The van der Waals surface area contributed by atoms with Gasteiger partial charge < -0.3 is 0 Å². The van der Waals surface area contributed by atoms with Gasteiger partial charge in [0.05, 0.1) is 11.5 Å². The van der Waals surface area contributed by atoms with Crippen LogP contribution in [0.25, 0.3) is 11.1 Å². The Morgan fingerprint density at radius 2 is 1.24 bits per heavy atom. The molecule has 4 rings (SSSR count). The Bertz CT molecular complexity index is 885. The van der Waals surface area contributed by atoms with Gasteiger partial charge in [-0.1, -0.05) is 88.1 Å². The van der Waals surface area contributed by atoms with Gasteiger partial charge in [0.15, 0.2) is 0 Å². The zero-order valence-corrected chi connectivity index (χ0v) is 21.0. The van der Waals surface area contributed by atoms with Gasteiger partial charge in [0.25, 0.3) is 0 Å². The molecule has 1 nitrogen and oxygen atoms in total. The van der Waals surface area contributed by atoms with Crippen molar-refractivity contribution in [1.82, 2.24) is 0 Å². The molecule has 0 bridgehead atoms. The fourth-order valence-corrected chi connectivity index (χ4v) is 6.41. The Kier molecular flexibility index (Phi) is 8.29. The Morgan fingerprint density at radius 1 is 0.727 bits per heavy atom. The van der Waals surface area contributed by atoms with E-state index in [4.69, 9.17) is 0 Å². The second-order valence-corrected chi connectivity index (χ2v) is 11.0. The minimum Gasteiger partial charge on any atom is -0.198 e. The second kappa shape index (κ2) is 11.4. The zero-order chi connectivity index (χ0) is 23.1. The molecule has 1 heteroatoms. The first kappa shape index (κ1) is 24.1. The highest BCUT2D eigenvalue weighted by atomic mass is 14.4. The van der Waals surface area contributed by atoms with E-state index in [1.807, 2.05) is 0 Å². The summed E-state index contributed by atoms with van der Waals surface area (Å²) in [5.74, 6) is 2.36. The maximum absolute atomic E-state index is 9.56. The van der Waals surface area contributed by atoms with Crippen LogP contribution in [-0.2, 0) is 0 Å². The van der Waals surface area contributed by atoms with E-state index in [0.29, 0.717) is 5.92 Å². The molecule has 0 N–H and O–H groups in total. The van der Waals surface area contributed by atoms with Crippen LogP contribution in [-0.4, -0.2) is 0 Å². The van der Waals surface area contributed by atoms with Crippen LogP contribution >= 0.6 is 0 Å². The van der Waals surface area contributed by atoms with Gasteiger partial charge in [0.1, 0.15) is 0 Å². The molecular formula is C32H43N. The van der Waals surface area contributed by atoms with Gasteiger partial charge in [-0.2, -0.15) is 5.26 Å². The summed E-state index contributed by atoms with van der Waals surface area (Å²) in [6.45, 7) is 4.47. The molecule has 176 valence electrons. The second-order valence-electron chi connectivity index (χ2n) is 11.0. The summed E-state index contributed by atoms with van der Waals surface area (Å²) in [4.78, 5) is 0. The Morgan fingerprint density at radius 3 is 1.70 bits per heavy atom. The van der Waals surface area contributed by atoms with Crippen LogP contribution in [0, 0.1) is 22.7 Å². The average Bonchev–Trinajstić information content (AvgIpc) is 2.90. The van der Waals surface area contributed by atoms with E-state index >= 15 is 0 Å². The lowest BCUT2D eigenvalue weighted by molar-refractivity contribution is 0.238. The summed E-state index contributed by atoms with van der Waals surface area (Å²) in [5, 5.41) is 9.56. The lowest BCUT2D eigenvalue weighted by Gasteiger charge is -2.34. The van der Waals surface area contributed by atoms with Gasteiger partial charge in [0, 0.05) is 0 Å². The number of benzene rings is 2. The fourth-order valence-electron chi connectivity index (χ4n) is 6.41. The van der Waals surface area contributed by atoms with Crippen molar-refractivity contribution < 1.29 is 0 Å². The van der Waals surface area contributed by atoms with Crippen molar-refractivity contribution in [2.75, 3.05) is 0 Å². The SMILES string of the molecule is CCCCC[C@H]1CC[C@H](c2ccc(-c3ccc([C@H]4CC[C@@](C#N)(CC)CC4)cc3)cc2)CC1. The lowest BCUT2D eigenvalue weighted by atomic mass is 9.68. The molecule has 0 unspecified atom stereocenters. The van der Waals surface area contributed by atoms with Gasteiger partial charge in [-0.25, -0.2) is 0 Å². The van der Waals surface area contributed by atoms with Crippen LogP contribution in [0.5, 0.6) is 0 Å². The first-order valence-corrected chi connectivity index (χ1v) is 13.8.